The van der Waals surface area contributed by atoms with Gasteiger partial charge in [-0.15, -0.1) is 0 Å². The summed E-state index contributed by atoms with van der Waals surface area (Å²) in [6.07, 6.45) is 1.50. The first-order chi connectivity index (χ1) is 9.20. The zero-order valence-corrected chi connectivity index (χ0v) is 13.6. The monoisotopic (exact) mass is 308 g/mol. The van der Waals surface area contributed by atoms with E-state index in [1.165, 1.54) is 0 Å². The van der Waals surface area contributed by atoms with Crippen molar-refractivity contribution in [1.29, 1.82) is 0 Å². The van der Waals surface area contributed by atoms with E-state index in [2.05, 4.69) is 19.2 Å². The zero-order chi connectivity index (χ0) is 15.6. The largest absolute Gasteiger partial charge is 0.315 e. The molecule has 0 unspecified atom stereocenters. The molecule has 0 aromatic rings. The highest BCUT2D eigenvalue weighted by molar-refractivity contribution is 7.85. The number of ketones is 1. The molecule has 0 bridgehead atoms. The summed E-state index contributed by atoms with van der Waals surface area (Å²) in [6, 6.07) is 0. The van der Waals surface area contributed by atoms with Crippen molar-refractivity contribution in [1.82, 2.24) is 10.2 Å². The molecule has 0 fully saturated rings. The van der Waals surface area contributed by atoms with Crippen LogP contribution in [0, 0.1) is 5.92 Å². The molecule has 0 radical (unpaired) electrons. The van der Waals surface area contributed by atoms with Gasteiger partial charge in [0, 0.05) is 32.6 Å². The van der Waals surface area contributed by atoms with Gasteiger partial charge in [0.15, 0.2) is 0 Å². The van der Waals surface area contributed by atoms with Crippen molar-refractivity contribution >= 4 is 15.9 Å². The minimum atomic E-state index is -3.91. The number of carbonyl (C=O) groups excluding carboxylic acids is 1. The number of hydrogen-bond donors (Lipinski definition) is 2. The van der Waals surface area contributed by atoms with Gasteiger partial charge in [-0.2, -0.15) is 8.42 Å². The van der Waals surface area contributed by atoms with Crippen LogP contribution in [-0.2, 0) is 14.9 Å². The summed E-state index contributed by atoms with van der Waals surface area (Å²) in [5.41, 5.74) is 0. The second-order valence-corrected chi connectivity index (χ2v) is 7.08. The summed E-state index contributed by atoms with van der Waals surface area (Å²) in [4.78, 5) is 12.8. The van der Waals surface area contributed by atoms with E-state index in [9.17, 15) is 13.2 Å². The number of nitrogens with zero attached hydrogens (tertiary/aromatic N) is 1. The normalized spacial score (nSPS) is 12.3. The Bertz CT molecular complexity index is 369. The number of carbonyl (C=O) groups is 1. The average molecular weight is 308 g/mol. The third-order valence-corrected chi connectivity index (χ3v) is 3.65. The Morgan fingerprint density at radius 2 is 1.85 bits per heavy atom. The van der Waals surface area contributed by atoms with E-state index in [0.717, 1.165) is 13.0 Å². The minimum Gasteiger partial charge on any atom is -0.315 e. The molecule has 0 amide bonds. The molecule has 0 aromatic carbocycles. The zero-order valence-electron chi connectivity index (χ0n) is 12.8. The Hall–Kier alpha value is -0.500. The van der Waals surface area contributed by atoms with Crippen LogP contribution in [0.1, 0.15) is 33.6 Å². The molecule has 0 aliphatic heterocycles. The van der Waals surface area contributed by atoms with E-state index in [1.807, 2.05) is 4.90 Å². The molecule has 0 atom stereocenters. The first-order valence-electron chi connectivity index (χ1n) is 7.08. The molecule has 6 nitrogen and oxygen atoms in total. The fourth-order valence-corrected chi connectivity index (χ4v) is 2.14. The fourth-order valence-electron chi connectivity index (χ4n) is 1.65. The van der Waals surface area contributed by atoms with Crippen LogP contribution in [0.15, 0.2) is 0 Å². The Balaban J connectivity index is 4.00. The standard InChI is InChI=1S/C13H28N2O4S/c1-12(2)5-8-15(10-11-20(17,18)19)9-7-14-6-4-13(3)16/h12,14H,4-11H2,1-3H3,(H,17,18,19). The van der Waals surface area contributed by atoms with E-state index < -0.39 is 10.1 Å². The molecule has 0 aliphatic rings. The van der Waals surface area contributed by atoms with Gasteiger partial charge in [0.2, 0.25) is 0 Å². The van der Waals surface area contributed by atoms with Gasteiger partial charge >= 0.3 is 0 Å². The maximum atomic E-state index is 10.8. The summed E-state index contributed by atoms with van der Waals surface area (Å²) in [6.45, 7) is 8.99. The van der Waals surface area contributed by atoms with Crippen LogP contribution >= 0.6 is 0 Å². The lowest BCUT2D eigenvalue weighted by Gasteiger charge is -2.22. The third-order valence-electron chi connectivity index (χ3n) is 2.95. The maximum absolute atomic E-state index is 10.8. The van der Waals surface area contributed by atoms with Crippen molar-refractivity contribution in [2.75, 3.05) is 38.5 Å². The molecule has 0 rings (SSSR count). The van der Waals surface area contributed by atoms with Gasteiger partial charge in [-0.3, -0.25) is 9.35 Å². The molecular weight excluding hydrogens is 280 g/mol. The molecule has 0 aromatic heterocycles. The molecule has 0 saturated carbocycles. The second-order valence-electron chi connectivity index (χ2n) is 5.51. The van der Waals surface area contributed by atoms with Crippen molar-refractivity contribution in [3.8, 4) is 0 Å². The molecular formula is C13H28N2O4S. The van der Waals surface area contributed by atoms with Crippen LogP contribution in [0.3, 0.4) is 0 Å². The van der Waals surface area contributed by atoms with Crippen LogP contribution < -0.4 is 5.32 Å². The lowest BCUT2D eigenvalue weighted by Crippen LogP contribution is -2.36. The lowest BCUT2D eigenvalue weighted by molar-refractivity contribution is -0.116. The molecule has 0 heterocycles. The number of Topliss-reactive ketones (excluding diaryl/α,β-unsaturated/α-hetero) is 1. The molecule has 0 aliphatic carbocycles. The van der Waals surface area contributed by atoms with Crippen molar-refractivity contribution in [3.63, 3.8) is 0 Å². The minimum absolute atomic E-state index is 0.153. The Morgan fingerprint density at radius 1 is 1.20 bits per heavy atom. The van der Waals surface area contributed by atoms with Gasteiger partial charge in [-0.25, -0.2) is 0 Å². The topological polar surface area (TPSA) is 86.7 Å². The van der Waals surface area contributed by atoms with Gasteiger partial charge in [0.1, 0.15) is 5.78 Å². The van der Waals surface area contributed by atoms with Gasteiger partial charge in [0.05, 0.1) is 5.75 Å². The molecule has 7 heteroatoms. The van der Waals surface area contributed by atoms with Crippen molar-refractivity contribution in [2.45, 2.75) is 33.6 Å². The number of hydrogen-bond acceptors (Lipinski definition) is 5. The SMILES string of the molecule is CC(=O)CCNCCN(CCC(C)C)CCS(=O)(=O)O. The summed E-state index contributed by atoms with van der Waals surface area (Å²) < 4.78 is 30.4. The first kappa shape index (κ1) is 19.5. The molecule has 0 saturated heterocycles. The summed E-state index contributed by atoms with van der Waals surface area (Å²) in [7, 11) is -3.91. The fraction of sp³-hybridized carbons (Fsp3) is 0.923. The summed E-state index contributed by atoms with van der Waals surface area (Å²) in [5, 5.41) is 3.16. The number of nitrogens with one attached hydrogen (secondary N) is 1. The van der Waals surface area contributed by atoms with Crippen LogP contribution in [0.25, 0.3) is 0 Å². The summed E-state index contributed by atoms with van der Waals surface area (Å²) >= 11 is 0. The van der Waals surface area contributed by atoms with Crippen molar-refractivity contribution < 1.29 is 17.8 Å². The number of rotatable bonds is 12. The molecule has 20 heavy (non-hydrogen) atoms. The van der Waals surface area contributed by atoms with Gasteiger partial charge in [-0.1, -0.05) is 13.8 Å². The Labute approximate surface area is 122 Å². The molecule has 0 spiro atoms. The van der Waals surface area contributed by atoms with Crippen LogP contribution in [0.2, 0.25) is 0 Å². The average Bonchev–Trinajstić information content (AvgIpc) is 2.29. The quantitative estimate of drug-likeness (QED) is 0.409. The Kier molecular flexibility index (Phi) is 10.0. The van der Waals surface area contributed by atoms with E-state index in [4.69, 9.17) is 4.55 Å². The second kappa shape index (κ2) is 10.3. The van der Waals surface area contributed by atoms with E-state index in [1.54, 1.807) is 6.92 Å². The van der Waals surface area contributed by atoms with E-state index >= 15 is 0 Å². The highest BCUT2D eigenvalue weighted by Gasteiger charge is 2.11. The predicted molar refractivity (Wildman–Crippen MR) is 80.5 cm³/mol. The van der Waals surface area contributed by atoms with E-state index in [0.29, 0.717) is 38.5 Å². The summed E-state index contributed by atoms with van der Waals surface area (Å²) in [5.74, 6) is 0.466. The molecule has 120 valence electrons. The van der Waals surface area contributed by atoms with Gasteiger partial charge in [-0.05, 0) is 25.8 Å². The van der Waals surface area contributed by atoms with Crippen molar-refractivity contribution in [3.05, 3.63) is 0 Å². The maximum Gasteiger partial charge on any atom is 0.266 e. The van der Waals surface area contributed by atoms with Crippen molar-refractivity contribution in [2.24, 2.45) is 5.92 Å². The molecule has 2 N–H and O–H groups in total. The lowest BCUT2D eigenvalue weighted by atomic mass is 10.1. The Morgan fingerprint density at radius 3 is 2.35 bits per heavy atom. The highest BCUT2D eigenvalue weighted by Crippen LogP contribution is 2.02. The van der Waals surface area contributed by atoms with Crippen LogP contribution in [0.5, 0.6) is 0 Å². The van der Waals surface area contributed by atoms with Gasteiger partial charge < -0.3 is 10.2 Å². The van der Waals surface area contributed by atoms with E-state index in [-0.39, 0.29) is 11.5 Å². The van der Waals surface area contributed by atoms with Crippen LogP contribution in [-0.4, -0.2) is 62.1 Å². The smallest absolute Gasteiger partial charge is 0.266 e. The van der Waals surface area contributed by atoms with Crippen LogP contribution in [0.4, 0.5) is 0 Å². The predicted octanol–water partition coefficient (Wildman–Crippen LogP) is 0.791. The highest BCUT2D eigenvalue weighted by atomic mass is 32.2. The third kappa shape index (κ3) is 13.9. The first-order valence-corrected chi connectivity index (χ1v) is 8.69. The van der Waals surface area contributed by atoms with Gasteiger partial charge in [0.25, 0.3) is 10.1 Å².